The first kappa shape index (κ1) is 17.9. The summed E-state index contributed by atoms with van der Waals surface area (Å²) in [6, 6.07) is 14.1. The Morgan fingerprint density at radius 3 is 2.50 bits per heavy atom. The highest BCUT2D eigenvalue weighted by Gasteiger charge is 2.27. The monoisotopic (exact) mass is 356 g/mol. The van der Waals surface area contributed by atoms with Gasteiger partial charge in [0.1, 0.15) is 12.3 Å². The van der Waals surface area contributed by atoms with E-state index >= 15 is 0 Å². The maximum atomic E-state index is 12.7. The minimum absolute atomic E-state index is 0.0350. The minimum Gasteiger partial charge on any atom is -0.496 e. The number of quaternary nitrogens is 1. The Labute approximate surface area is 151 Å². The van der Waals surface area contributed by atoms with E-state index in [2.05, 4.69) is 0 Å². The minimum atomic E-state index is -0.337. The maximum Gasteiger partial charge on any atom is 0.278 e. The zero-order chi connectivity index (χ0) is 18.5. The van der Waals surface area contributed by atoms with Gasteiger partial charge in [0, 0.05) is 6.07 Å². The lowest BCUT2D eigenvalue weighted by molar-refractivity contribution is -0.917. The third kappa shape index (κ3) is 3.83. The number of amides is 1. The highest BCUT2D eigenvalue weighted by atomic mass is 16.6. The van der Waals surface area contributed by atoms with E-state index < -0.39 is 0 Å². The van der Waals surface area contributed by atoms with Crippen LogP contribution in [0.5, 0.6) is 5.75 Å². The molecule has 1 fully saturated rings. The number of nitro groups is 1. The first-order valence-electron chi connectivity index (χ1n) is 8.58. The van der Waals surface area contributed by atoms with Crippen molar-refractivity contribution in [2.45, 2.75) is 6.54 Å². The van der Waals surface area contributed by atoms with Crippen LogP contribution in [0.3, 0.4) is 0 Å². The summed E-state index contributed by atoms with van der Waals surface area (Å²) < 4.78 is 5.28. The molecule has 2 aromatic carbocycles. The standard InChI is InChI=1S/C19H21N3O4/c1-26-18-9-5-3-7-16(18)19(23)21-12-10-20(11-13-21)14-15-6-2-4-8-17(15)22(24)25/h2-9H,10-14H2,1H3/p+1. The van der Waals surface area contributed by atoms with Crippen molar-refractivity contribution in [3.05, 3.63) is 69.8 Å². The van der Waals surface area contributed by atoms with E-state index in [0.717, 1.165) is 18.7 Å². The molecule has 0 atom stereocenters. The van der Waals surface area contributed by atoms with Gasteiger partial charge in [0.15, 0.2) is 0 Å². The summed E-state index contributed by atoms with van der Waals surface area (Å²) in [5, 5.41) is 11.2. The van der Waals surface area contributed by atoms with Crippen molar-refractivity contribution in [3.63, 3.8) is 0 Å². The number of carbonyl (C=O) groups is 1. The Kier molecular flexibility index (Phi) is 5.48. The molecule has 2 aromatic rings. The Morgan fingerprint density at radius 1 is 1.15 bits per heavy atom. The number of nitrogens with zero attached hydrogens (tertiary/aromatic N) is 2. The number of methoxy groups -OCH3 is 1. The number of hydrogen-bond acceptors (Lipinski definition) is 4. The van der Waals surface area contributed by atoms with Crippen LogP contribution < -0.4 is 9.64 Å². The fraction of sp³-hybridized carbons (Fsp3) is 0.316. The number of piperazine rings is 1. The van der Waals surface area contributed by atoms with Crippen molar-refractivity contribution in [2.24, 2.45) is 0 Å². The molecule has 0 saturated carbocycles. The predicted octanol–water partition coefficient (Wildman–Crippen LogP) is 1.14. The smallest absolute Gasteiger partial charge is 0.278 e. The van der Waals surface area contributed by atoms with Gasteiger partial charge in [-0.3, -0.25) is 14.9 Å². The second kappa shape index (κ2) is 7.97. The van der Waals surface area contributed by atoms with Crippen molar-refractivity contribution >= 4 is 11.6 Å². The molecule has 1 aliphatic rings. The molecule has 0 spiro atoms. The highest BCUT2D eigenvalue weighted by molar-refractivity contribution is 5.97. The van der Waals surface area contributed by atoms with Crippen LogP contribution in [0.4, 0.5) is 5.69 Å². The highest BCUT2D eigenvalue weighted by Crippen LogP contribution is 2.19. The molecule has 3 rings (SSSR count). The van der Waals surface area contributed by atoms with Crippen molar-refractivity contribution in [3.8, 4) is 5.75 Å². The molecule has 0 aliphatic carbocycles. The molecule has 7 heteroatoms. The van der Waals surface area contributed by atoms with Crippen LogP contribution in [-0.2, 0) is 6.54 Å². The van der Waals surface area contributed by atoms with Crippen molar-refractivity contribution in [2.75, 3.05) is 33.3 Å². The molecule has 26 heavy (non-hydrogen) atoms. The normalized spacial score (nSPS) is 14.9. The summed E-state index contributed by atoms with van der Waals surface area (Å²) in [5.74, 6) is 0.541. The lowest BCUT2D eigenvalue weighted by Crippen LogP contribution is -3.13. The number of para-hydroxylation sites is 2. The van der Waals surface area contributed by atoms with Crippen LogP contribution >= 0.6 is 0 Å². The van der Waals surface area contributed by atoms with Gasteiger partial charge in [-0.2, -0.15) is 0 Å². The van der Waals surface area contributed by atoms with E-state index in [1.54, 1.807) is 31.4 Å². The molecule has 0 bridgehead atoms. The summed E-state index contributed by atoms with van der Waals surface area (Å²) in [4.78, 5) is 26.6. The summed E-state index contributed by atoms with van der Waals surface area (Å²) in [6.45, 7) is 3.34. The van der Waals surface area contributed by atoms with Gasteiger partial charge in [-0.25, -0.2) is 0 Å². The van der Waals surface area contributed by atoms with Gasteiger partial charge in [0.05, 0.1) is 49.3 Å². The van der Waals surface area contributed by atoms with Gasteiger partial charge >= 0.3 is 0 Å². The van der Waals surface area contributed by atoms with E-state index in [1.165, 1.54) is 11.0 Å². The summed E-state index contributed by atoms with van der Waals surface area (Å²) in [7, 11) is 1.56. The van der Waals surface area contributed by atoms with E-state index in [4.69, 9.17) is 4.74 Å². The largest absolute Gasteiger partial charge is 0.496 e. The predicted molar refractivity (Wildman–Crippen MR) is 96.4 cm³/mol. The third-order valence-corrected chi connectivity index (χ3v) is 4.72. The second-order valence-electron chi connectivity index (χ2n) is 6.31. The van der Waals surface area contributed by atoms with Crippen LogP contribution in [0.2, 0.25) is 0 Å². The molecule has 1 heterocycles. The quantitative estimate of drug-likeness (QED) is 0.644. The van der Waals surface area contributed by atoms with Crippen LogP contribution in [0, 0.1) is 10.1 Å². The number of carbonyl (C=O) groups excluding carboxylic acids is 1. The van der Waals surface area contributed by atoms with E-state index in [-0.39, 0.29) is 16.5 Å². The Bertz CT molecular complexity index is 801. The molecule has 1 N–H and O–H groups in total. The number of nitrogens with one attached hydrogen (secondary N) is 1. The van der Waals surface area contributed by atoms with Crippen LogP contribution in [0.15, 0.2) is 48.5 Å². The molecular formula is C19H22N3O4+. The van der Waals surface area contributed by atoms with Crippen molar-refractivity contribution < 1.29 is 19.4 Å². The van der Waals surface area contributed by atoms with Crippen molar-refractivity contribution in [1.82, 2.24) is 4.90 Å². The summed E-state index contributed by atoms with van der Waals surface area (Å²) in [5.41, 5.74) is 1.46. The van der Waals surface area contributed by atoms with Gasteiger partial charge in [-0.05, 0) is 18.2 Å². The molecule has 136 valence electrons. The second-order valence-corrected chi connectivity index (χ2v) is 6.31. The van der Waals surface area contributed by atoms with Gasteiger partial charge in [-0.1, -0.05) is 24.3 Å². The molecular weight excluding hydrogens is 334 g/mol. The topological polar surface area (TPSA) is 77.1 Å². The molecule has 1 saturated heterocycles. The zero-order valence-corrected chi connectivity index (χ0v) is 14.7. The van der Waals surface area contributed by atoms with E-state index in [1.807, 2.05) is 23.1 Å². The van der Waals surface area contributed by atoms with Crippen LogP contribution in [-0.4, -0.2) is 49.0 Å². The number of nitro benzene ring substituents is 1. The lowest BCUT2D eigenvalue weighted by atomic mass is 10.1. The van der Waals surface area contributed by atoms with Gasteiger partial charge in [0.25, 0.3) is 11.6 Å². The molecule has 0 unspecified atom stereocenters. The first-order valence-corrected chi connectivity index (χ1v) is 8.58. The third-order valence-electron chi connectivity index (χ3n) is 4.72. The van der Waals surface area contributed by atoms with Crippen LogP contribution in [0.1, 0.15) is 15.9 Å². The molecule has 7 nitrogen and oxygen atoms in total. The van der Waals surface area contributed by atoms with E-state index in [9.17, 15) is 14.9 Å². The molecule has 0 radical (unpaired) electrons. The fourth-order valence-electron chi connectivity index (χ4n) is 3.30. The Hall–Kier alpha value is -2.93. The number of benzene rings is 2. The average molecular weight is 356 g/mol. The lowest BCUT2D eigenvalue weighted by Gasteiger charge is -2.32. The SMILES string of the molecule is COc1ccccc1C(=O)N1CC[NH+](Cc2ccccc2[N+](=O)[O-])CC1. The summed E-state index contributed by atoms with van der Waals surface area (Å²) >= 11 is 0. The van der Waals surface area contributed by atoms with Crippen molar-refractivity contribution in [1.29, 1.82) is 0 Å². The molecule has 1 amide bonds. The number of rotatable bonds is 5. The zero-order valence-electron chi connectivity index (χ0n) is 14.7. The maximum absolute atomic E-state index is 12.7. The fourth-order valence-corrected chi connectivity index (χ4v) is 3.30. The number of hydrogen-bond donors (Lipinski definition) is 1. The van der Waals surface area contributed by atoms with Gasteiger partial charge < -0.3 is 14.5 Å². The first-order chi connectivity index (χ1) is 12.6. The van der Waals surface area contributed by atoms with Crippen LogP contribution in [0.25, 0.3) is 0 Å². The molecule has 0 aromatic heterocycles. The average Bonchev–Trinajstić information content (AvgIpc) is 2.68. The Morgan fingerprint density at radius 2 is 1.81 bits per heavy atom. The number of ether oxygens (including phenoxy) is 1. The summed E-state index contributed by atoms with van der Waals surface area (Å²) in [6.07, 6.45) is 0. The van der Waals surface area contributed by atoms with Gasteiger partial charge in [-0.15, -0.1) is 0 Å². The van der Waals surface area contributed by atoms with Gasteiger partial charge in [0.2, 0.25) is 0 Å². The van der Waals surface area contributed by atoms with E-state index in [0.29, 0.717) is 30.9 Å². The molecule has 1 aliphatic heterocycles. The Balaban J connectivity index is 1.63.